The van der Waals surface area contributed by atoms with Gasteiger partial charge in [0, 0.05) is 0 Å². The van der Waals surface area contributed by atoms with E-state index in [0.717, 1.165) is 25.7 Å². The maximum absolute atomic E-state index is 11.4. The van der Waals surface area contributed by atoms with Gasteiger partial charge >= 0.3 is 17.9 Å². The lowest BCUT2D eigenvalue weighted by molar-refractivity contribution is -0.179. The van der Waals surface area contributed by atoms with E-state index in [1.807, 2.05) is 0 Å². The highest BCUT2D eigenvalue weighted by Gasteiger charge is 2.49. The first-order valence-corrected chi connectivity index (χ1v) is 12.2. The molecular weight excluding hydrogens is 400 g/mol. The van der Waals surface area contributed by atoms with Gasteiger partial charge in [-0.2, -0.15) is 0 Å². The van der Waals surface area contributed by atoms with Crippen molar-refractivity contribution in [1.82, 2.24) is 0 Å². The van der Waals surface area contributed by atoms with Crippen molar-refractivity contribution in [2.24, 2.45) is 5.92 Å². The van der Waals surface area contributed by atoms with Crippen molar-refractivity contribution in [3.63, 3.8) is 0 Å². The number of unbranched alkanes of at least 4 members (excludes halogenated alkanes) is 15. The summed E-state index contributed by atoms with van der Waals surface area (Å²) in [5.74, 6) is -6.46. The van der Waals surface area contributed by atoms with Crippen molar-refractivity contribution in [2.45, 2.75) is 128 Å². The molecule has 0 aromatic carbocycles. The third kappa shape index (κ3) is 14.1. The summed E-state index contributed by atoms with van der Waals surface area (Å²) in [6, 6.07) is 0. The topological polar surface area (TPSA) is 132 Å². The normalized spacial score (nSPS) is 14.1. The number of carboxylic acids is 3. The van der Waals surface area contributed by atoms with E-state index in [4.69, 9.17) is 10.2 Å². The van der Waals surface area contributed by atoms with Gasteiger partial charge in [-0.05, 0) is 6.42 Å². The maximum atomic E-state index is 11.4. The Labute approximate surface area is 187 Å². The molecule has 31 heavy (non-hydrogen) atoms. The Kier molecular flexibility index (Phi) is 17.0. The van der Waals surface area contributed by atoms with Crippen molar-refractivity contribution in [3.05, 3.63) is 0 Å². The molecule has 0 saturated heterocycles. The quantitative estimate of drug-likeness (QED) is 0.159. The van der Waals surface area contributed by atoms with Crippen LogP contribution in [0.2, 0.25) is 0 Å². The SMILES string of the molecule is CCCCCCCCCCCCCCCCCCC(C(=O)O)C(O)(CC(=O)O)C(=O)O. The molecule has 7 heteroatoms. The number of hydrogen-bond acceptors (Lipinski definition) is 4. The third-order valence-electron chi connectivity index (χ3n) is 6.01. The van der Waals surface area contributed by atoms with Crippen LogP contribution in [0.15, 0.2) is 0 Å². The number of aliphatic carboxylic acids is 3. The van der Waals surface area contributed by atoms with E-state index in [9.17, 15) is 24.6 Å². The molecule has 0 bridgehead atoms. The number of carbonyl (C=O) groups is 3. The molecule has 0 saturated carbocycles. The molecule has 182 valence electrons. The van der Waals surface area contributed by atoms with Crippen LogP contribution in [-0.2, 0) is 14.4 Å². The van der Waals surface area contributed by atoms with Crippen molar-refractivity contribution in [2.75, 3.05) is 0 Å². The predicted octanol–water partition coefficient (Wildman–Crippen LogP) is 5.63. The number of hydrogen-bond donors (Lipinski definition) is 4. The van der Waals surface area contributed by atoms with Crippen LogP contribution < -0.4 is 0 Å². The molecule has 0 aliphatic carbocycles. The zero-order chi connectivity index (χ0) is 23.5. The van der Waals surface area contributed by atoms with Crippen LogP contribution in [0.4, 0.5) is 0 Å². The van der Waals surface area contributed by atoms with Crippen LogP contribution in [0.3, 0.4) is 0 Å². The second-order valence-electron chi connectivity index (χ2n) is 8.78. The average Bonchev–Trinajstić information content (AvgIpc) is 2.69. The van der Waals surface area contributed by atoms with Gasteiger partial charge in [0.1, 0.15) is 0 Å². The summed E-state index contributed by atoms with van der Waals surface area (Å²) >= 11 is 0. The van der Waals surface area contributed by atoms with Crippen LogP contribution in [-0.4, -0.2) is 43.9 Å². The molecule has 0 aromatic heterocycles. The van der Waals surface area contributed by atoms with Gasteiger partial charge in [-0.15, -0.1) is 0 Å². The first-order chi connectivity index (χ1) is 14.8. The van der Waals surface area contributed by atoms with Crippen molar-refractivity contribution in [3.8, 4) is 0 Å². The zero-order valence-electron chi connectivity index (χ0n) is 19.3. The zero-order valence-corrected chi connectivity index (χ0v) is 19.3. The Hall–Kier alpha value is -1.63. The number of carboxylic acid groups (broad SMARTS) is 3. The first kappa shape index (κ1) is 29.4. The van der Waals surface area contributed by atoms with Gasteiger partial charge in [-0.1, -0.05) is 110 Å². The van der Waals surface area contributed by atoms with Crippen LogP contribution in [0, 0.1) is 5.92 Å². The minimum absolute atomic E-state index is 0.0517. The van der Waals surface area contributed by atoms with E-state index in [1.165, 1.54) is 70.6 Å². The highest BCUT2D eigenvalue weighted by Crippen LogP contribution is 2.28. The van der Waals surface area contributed by atoms with E-state index in [-0.39, 0.29) is 6.42 Å². The molecule has 2 unspecified atom stereocenters. The molecule has 0 fully saturated rings. The molecule has 0 radical (unpaired) electrons. The van der Waals surface area contributed by atoms with Gasteiger partial charge in [-0.3, -0.25) is 9.59 Å². The first-order valence-electron chi connectivity index (χ1n) is 12.2. The van der Waals surface area contributed by atoms with Crippen molar-refractivity contribution >= 4 is 17.9 Å². The van der Waals surface area contributed by atoms with Gasteiger partial charge in [0.25, 0.3) is 0 Å². The molecule has 0 spiro atoms. The van der Waals surface area contributed by atoms with E-state index in [0.29, 0.717) is 6.42 Å². The molecule has 2 atom stereocenters. The van der Waals surface area contributed by atoms with Crippen molar-refractivity contribution in [1.29, 1.82) is 0 Å². The largest absolute Gasteiger partial charge is 0.481 e. The Morgan fingerprint density at radius 1 is 0.645 bits per heavy atom. The second kappa shape index (κ2) is 18.0. The molecule has 0 aliphatic heterocycles. The fraction of sp³-hybridized carbons (Fsp3) is 0.875. The van der Waals surface area contributed by atoms with Gasteiger partial charge < -0.3 is 20.4 Å². The highest BCUT2D eigenvalue weighted by atomic mass is 16.4. The summed E-state index contributed by atoms with van der Waals surface area (Å²) in [6.45, 7) is 2.24. The van der Waals surface area contributed by atoms with Gasteiger partial charge in [-0.25, -0.2) is 4.79 Å². The summed E-state index contributed by atoms with van der Waals surface area (Å²) in [7, 11) is 0. The Balaban J connectivity index is 3.80. The Bertz CT molecular complexity index is 506. The fourth-order valence-electron chi connectivity index (χ4n) is 4.04. The minimum Gasteiger partial charge on any atom is -0.481 e. The van der Waals surface area contributed by atoms with Crippen LogP contribution >= 0.6 is 0 Å². The molecule has 0 aliphatic rings. The maximum Gasteiger partial charge on any atom is 0.337 e. The van der Waals surface area contributed by atoms with Gasteiger partial charge in [0.15, 0.2) is 5.60 Å². The summed E-state index contributed by atoms with van der Waals surface area (Å²) < 4.78 is 0. The molecule has 0 aromatic rings. The fourth-order valence-corrected chi connectivity index (χ4v) is 4.04. The molecule has 0 heterocycles. The van der Waals surface area contributed by atoms with E-state index < -0.39 is 35.8 Å². The van der Waals surface area contributed by atoms with Gasteiger partial charge in [0.2, 0.25) is 0 Å². The van der Waals surface area contributed by atoms with E-state index >= 15 is 0 Å². The summed E-state index contributed by atoms with van der Waals surface area (Å²) in [5.41, 5.74) is -2.78. The molecule has 0 rings (SSSR count). The number of aliphatic hydroxyl groups is 1. The molecular formula is C24H44O7. The third-order valence-corrected chi connectivity index (χ3v) is 6.01. The summed E-state index contributed by atoms with van der Waals surface area (Å²) in [5, 5.41) is 37.4. The lowest BCUT2D eigenvalue weighted by Gasteiger charge is -2.28. The standard InChI is InChI=1S/C24H44O7/c1-2-3-4-5-6-7-8-9-10-11-12-13-14-15-16-17-18-20(22(27)28)24(31,23(29)30)19-21(25)26/h20,31H,2-19H2,1H3,(H,25,26)(H,27,28)(H,29,30). The molecule has 7 nitrogen and oxygen atoms in total. The second-order valence-corrected chi connectivity index (χ2v) is 8.78. The van der Waals surface area contributed by atoms with E-state index in [1.54, 1.807) is 0 Å². The van der Waals surface area contributed by atoms with Crippen LogP contribution in [0.1, 0.15) is 122 Å². The molecule has 0 amide bonds. The van der Waals surface area contributed by atoms with Gasteiger partial charge in [0.05, 0.1) is 12.3 Å². The smallest absolute Gasteiger partial charge is 0.337 e. The van der Waals surface area contributed by atoms with Crippen LogP contribution in [0.5, 0.6) is 0 Å². The lowest BCUT2D eigenvalue weighted by Crippen LogP contribution is -2.50. The average molecular weight is 445 g/mol. The minimum atomic E-state index is -2.78. The molecule has 4 N–H and O–H groups in total. The van der Waals surface area contributed by atoms with Crippen LogP contribution in [0.25, 0.3) is 0 Å². The Morgan fingerprint density at radius 3 is 1.29 bits per heavy atom. The Morgan fingerprint density at radius 2 is 1.00 bits per heavy atom. The highest BCUT2D eigenvalue weighted by molar-refractivity contribution is 5.89. The summed E-state index contributed by atoms with van der Waals surface area (Å²) in [6.07, 6.45) is 17.6. The number of rotatable bonds is 22. The lowest BCUT2D eigenvalue weighted by atomic mass is 9.81. The van der Waals surface area contributed by atoms with Crippen molar-refractivity contribution < 1.29 is 34.8 Å². The van der Waals surface area contributed by atoms with E-state index in [2.05, 4.69) is 6.92 Å². The predicted molar refractivity (Wildman–Crippen MR) is 120 cm³/mol. The monoisotopic (exact) mass is 444 g/mol. The summed E-state index contributed by atoms with van der Waals surface area (Å²) in [4.78, 5) is 33.6.